The van der Waals surface area contributed by atoms with E-state index in [0.717, 1.165) is 11.4 Å². The van der Waals surface area contributed by atoms with Crippen LogP contribution in [0.2, 0.25) is 0 Å². The topological polar surface area (TPSA) is 120 Å². The van der Waals surface area contributed by atoms with Gasteiger partial charge in [-0.2, -0.15) is 4.98 Å². The summed E-state index contributed by atoms with van der Waals surface area (Å²) in [6.45, 7) is 2.26. The highest BCUT2D eigenvalue weighted by molar-refractivity contribution is 5.77. The van der Waals surface area contributed by atoms with E-state index < -0.39 is 11.9 Å². The Bertz CT molecular complexity index is 1020. The van der Waals surface area contributed by atoms with Gasteiger partial charge in [-0.25, -0.2) is 19.2 Å². The lowest BCUT2D eigenvalue weighted by Gasteiger charge is -2.34. The zero-order valence-corrected chi connectivity index (χ0v) is 14.8. The number of hydrogen-bond acceptors (Lipinski definition) is 7. The molecule has 144 valence electrons. The number of nitrogens with one attached hydrogen (secondary N) is 1. The molecule has 9 nitrogen and oxygen atoms in total. The van der Waals surface area contributed by atoms with Crippen LogP contribution in [0.25, 0.3) is 11.0 Å². The van der Waals surface area contributed by atoms with Crippen molar-refractivity contribution in [2.24, 2.45) is 0 Å². The normalized spacial score (nSPS) is 14.3. The van der Waals surface area contributed by atoms with Gasteiger partial charge in [-0.05, 0) is 30.3 Å². The van der Waals surface area contributed by atoms with E-state index in [1.54, 1.807) is 0 Å². The molecule has 3 heterocycles. The van der Waals surface area contributed by atoms with Crippen LogP contribution in [-0.2, 0) is 0 Å². The molecular formula is C18H18FN7O2. The first-order valence-corrected chi connectivity index (χ1v) is 8.68. The lowest BCUT2D eigenvalue weighted by molar-refractivity contribution is 0.142. The van der Waals surface area contributed by atoms with Gasteiger partial charge in [-0.3, -0.25) is 0 Å². The molecule has 2 aromatic heterocycles. The second-order valence-corrected chi connectivity index (χ2v) is 6.39. The van der Waals surface area contributed by atoms with Crippen molar-refractivity contribution in [2.75, 3.05) is 42.1 Å². The van der Waals surface area contributed by atoms with Gasteiger partial charge in [0.2, 0.25) is 5.95 Å². The number of carboxylic acid groups (broad SMARTS) is 1. The molecule has 0 radical (unpaired) electrons. The number of anilines is 4. The molecule has 0 bridgehead atoms. The van der Waals surface area contributed by atoms with Gasteiger partial charge in [-0.15, -0.1) is 0 Å². The van der Waals surface area contributed by atoms with Gasteiger partial charge in [0.05, 0.1) is 0 Å². The molecular weight excluding hydrogens is 365 g/mol. The quantitative estimate of drug-likeness (QED) is 0.630. The van der Waals surface area contributed by atoms with E-state index in [0.29, 0.717) is 43.2 Å². The van der Waals surface area contributed by atoms with Crippen LogP contribution in [0.4, 0.5) is 32.3 Å². The Labute approximate surface area is 159 Å². The summed E-state index contributed by atoms with van der Waals surface area (Å²) in [6.07, 6.45) is 0.602. The molecule has 0 aliphatic carbocycles. The molecule has 0 unspecified atom stereocenters. The van der Waals surface area contributed by atoms with Crippen molar-refractivity contribution in [3.8, 4) is 0 Å². The lowest BCUT2D eigenvalue weighted by Crippen LogP contribution is -2.48. The van der Waals surface area contributed by atoms with E-state index in [4.69, 9.17) is 10.8 Å². The van der Waals surface area contributed by atoms with Crippen molar-refractivity contribution in [3.05, 3.63) is 42.3 Å². The molecule has 4 N–H and O–H groups in total. The monoisotopic (exact) mass is 383 g/mol. The molecule has 28 heavy (non-hydrogen) atoms. The van der Waals surface area contributed by atoms with Crippen LogP contribution in [0.5, 0.6) is 0 Å². The number of nitrogens with two attached hydrogens (primary N) is 1. The van der Waals surface area contributed by atoms with Crippen LogP contribution in [0, 0.1) is 5.82 Å². The maximum atomic E-state index is 13.5. The van der Waals surface area contributed by atoms with Crippen LogP contribution >= 0.6 is 0 Å². The average Bonchev–Trinajstić information content (AvgIpc) is 2.70. The number of nitrogens with zero attached hydrogens (tertiary/aromatic N) is 5. The van der Waals surface area contributed by atoms with Gasteiger partial charge < -0.3 is 26.0 Å². The summed E-state index contributed by atoms with van der Waals surface area (Å²) in [6, 6.07) is 8.93. The fourth-order valence-corrected chi connectivity index (χ4v) is 3.05. The number of nitrogen functional groups attached to an aromatic ring is 1. The molecule has 1 amide bonds. The number of rotatable bonds is 3. The number of pyridine rings is 1. The summed E-state index contributed by atoms with van der Waals surface area (Å²) in [4.78, 5) is 26.9. The van der Waals surface area contributed by atoms with E-state index in [9.17, 15) is 9.18 Å². The highest BCUT2D eigenvalue weighted by Gasteiger charge is 2.20. The minimum atomic E-state index is -0.881. The number of piperazine rings is 1. The largest absolute Gasteiger partial charge is 0.465 e. The average molecular weight is 383 g/mol. The third kappa shape index (κ3) is 3.56. The van der Waals surface area contributed by atoms with Crippen LogP contribution in [0.15, 0.2) is 36.5 Å². The molecule has 0 atom stereocenters. The number of aromatic nitrogens is 3. The van der Waals surface area contributed by atoms with Gasteiger partial charge in [0.15, 0.2) is 17.3 Å². The van der Waals surface area contributed by atoms with Crippen LogP contribution in [-0.4, -0.2) is 57.2 Å². The Kier molecular flexibility index (Phi) is 4.52. The second kappa shape index (κ2) is 7.14. The Morgan fingerprint density at radius 3 is 2.54 bits per heavy atom. The van der Waals surface area contributed by atoms with E-state index in [1.807, 2.05) is 24.3 Å². The van der Waals surface area contributed by atoms with E-state index in [1.165, 1.54) is 17.2 Å². The predicted molar refractivity (Wildman–Crippen MR) is 103 cm³/mol. The molecule has 1 aliphatic heterocycles. The molecule has 1 fully saturated rings. The first-order chi connectivity index (χ1) is 13.5. The van der Waals surface area contributed by atoms with Crippen molar-refractivity contribution in [1.29, 1.82) is 0 Å². The van der Waals surface area contributed by atoms with Crippen molar-refractivity contribution >= 4 is 40.3 Å². The highest BCUT2D eigenvalue weighted by Crippen LogP contribution is 2.22. The number of benzene rings is 1. The molecule has 3 aromatic rings. The van der Waals surface area contributed by atoms with E-state index in [-0.39, 0.29) is 5.82 Å². The minimum Gasteiger partial charge on any atom is -0.465 e. The van der Waals surface area contributed by atoms with Crippen LogP contribution < -0.4 is 16.0 Å². The maximum Gasteiger partial charge on any atom is 0.407 e. The van der Waals surface area contributed by atoms with Crippen LogP contribution in [0.3, 0.4) is 0 Å². The Hall–Kier alpha value is -3.69. The number of hydrogen-bond donors (Lipinski definition) is 3. The molecule has 1 aliphatic rings. The summed E-state index contributed by atoms with van der Waals surface area (Å²) >= 11 is 0. The number of halogens is 1. The number of fused-ring (bicyclic) bond motifs is 1. The fourth-order valence-electron chi connectivity index (χ4n) is 3.05. The zero-order valence-electron chi connectivity index (χ0n) is 14.8. The van der Waals surface area contributed by atoms with Crippen molar-refractivity contribution in [2.45, 2.75) is 0 Å². The SMILES string of the molecule is Nc1nc2nc(Nc3ccc(N4CCN(C(=O)O)CC4)cc3)ncc2cc1F. The standard InChI is InChI=1S/C18H18FN7O2/c19-14-9-11-10-21-17(24-16(11)23-15(14)20)22-12-1-3-13(4-2-12)25-5-7-26(8-6-25)18(27)28/h1-4,9-10H,5-8H2,(H,27,28)(H3,20,21,22,23,24). The third-order valence-electron chi connectivity index (χ3n) is 4.59. The molecule has 0 saturated carbocycles. The van der Waals surface area contributed by atoms with Crippen molar-refractivity contribution < 1.29 is 14.3 Å². The Morgan fingerprint density at radius 2 is 1.86 bits per heavy atom. The second-order valence-electron chi connectivity index (χ2n) is 6.39. The smallest absolute Gasteiger partial charge is 0.407 e. The summed E-state index contributed by atoms with van der Waals surface area (Å²) in [7, 11) is 0. The first-order valence-electron chi connectivity index (χ1n) is 8.68. The van der Waals surface area contributed by atoms with E-state index in [2.05, 4.69) is 25.2 Å². The van der Waals surface area contributed by atoms with Gasteiger partial charge in [-0.1, -0.05) is 0 Å². The van der Waals surface area contributed by atoms with Gasteiger partial charge in [0.1, 0.15) is 0 Å². The molecule has 1 saturated heterocycles. The summed E-state index contributed by atoms with van der Waals surface area (Å²) in [5.41, 5.74) is 7.60. The predicted octanol–water partition coefficient (Wildman–Crippen LogP) is 2.29. The Morgan fingerprint density at radius 1 is 1.14 bits per heavy atom. The molecule has 4 rings (SSSR count). The summed E-state index contributed by atoms with van der Waals surface area (Å²) < 4.78 is 13.5. The fraction of sp³-hybridized carbons (Fsp3) is 0.222. The lowest BCUT2D eigenvalue weighted by atomic mass is 10.2. The van der Waals surface area contributed by atoms with E-state index >= 15 is 0 Å². The number of amides is 1. The third-order valence-corrected chi connectivity index (χ3v) is 4.59. The number of carbonyl (C=O) groups is 1. The van der Waals surface area contributed by atoms with Gasteiger partial charge in [0.25, 0.3) is 0 Å². The van der Waals surface area contributed by atoms with Crippen LogP contribution in [0.1, 0.15) is 0 Å². The molecule has 0 spiro atoms. The first kappa shape index (κ1) is 17.7. The Balaban J connectivity index is 1.45. The van der Waals surface area contributed by atoms with Gasteiger partial charge >= 0.3 is 6.09 Å². The van der Waals surface area contributed by atoms with Gasteiger partial charge in [0, 0.05) is 49.1 Å². The minimum absolute atomic E-state index is 0.204. The molecule has 10 heteroatoms. The van der Waals surface area contributed by atoms with Crippen molar-refractivity contribution in [3.63, 3.8) is 0 Å². The van der Waals surface area contributed by atoms with Crippen molar-refractivity contribution in [1.82, 2.24) is 19.9 Å². The molecule has 1 aromatic carbocycles. The highest BCUT2D eigenvalue weighted by atomic mass is 19.1. The summed E-state index contributed by atoms with van der Waals surface area (Å²) in [5, 5.41) is 12.6. The maximum absolute atomic E-state index is 13.5. The summed E-state index contributed by atoms with van der Waals surface area (Å²) in [5.74, 6) is -0.477. The zero-order chi connectivity index (χ0) is 19.7.